The van der Waals surface area contributed by atoms with Gasteiger partial charge in [-0.2, -0.15) is 0 Å². The summed E-state index contributed by atoms with van der Waals surface area (Å²) >= 11 is 0. The summed E-state index contributed by atoms with van der Waals surface area (Å²) in [6, 6.07) is 13.1. The Bertz CT molecular complexity index is 594. The van der Waals surface area contributed by atoms with Gasteiger partial charge in [-0.05, 0) is 55.5 Å². The topological polar surface area (TPSA) is 43.7 Å². The minimum atomic E-state index is 0.322. The van der Waals surface area contributed by atoms with Crippen molar-refractivity contribution in [2.45, 2.75) is 25.7 Å². The second-order valence-corrected chi connectivity index (χ2v) is 5.55. The highest BCUT2D eigenvalue weighted by Gasteiger charge is 2.09. The van der Waals surface area contributed by atoms with Gasteiger partial charge in [0.05, 0.1) is 0 Å². The predicted octanol–water partition coefficient (Wildman–Crippen LogP) is 3.73. The quantitative estimate of drug-likeness (QED) is 0.795. The molecule has 2 aromatic rings. The lowest BCUT2D eigenvalue weighted by Gasteiger charge is -2.18. The van der Waals surface area contributed by atoms with Crippen LogP contribution in [0.1, 0.15) is 24.0 Å². The molecule has 112 valence electrons. The molecule has 0 heterocycles. The van der Waals surface area contributed by atoms with Gasteiger partial charge in [-0.15, -0.1) is 0 Å². The summed E-state index contributed by atoms with van der Waals surface area (Å²) in [4.78, 5) is 2.03. The molecule has 21 heavy (non-hydrogen) atoms. The number of nitrogens with zero attached hydrogens (tertiary/aromatic N) is 1. The first-order valence-corrected chi connectivity index (χ1v) is 7.34. The molecular formula is C18H23NO2. The van der Waals surface area contributed by atoms with Gasteiger partial charge < -0.3 is 15.1 Å². The Morgan fingerprint density at radius 3 is 2.33 bits per heavy atom. The van der Waals surface area contributed by atoms with Crippen molar-refractivity contribution in [2.75, 3.05) is 19.0 Å². The first-order valence-electron chi connectivity index (χ1n) is 7.34. The second kappa shape index (κ2) is 7.02. The summed E-state index contributed by atoms with van der Waals surface area (Å²) in [7, 11) is 3.98. The van der Waals surface area contributed by atoms with Crippen molar-refractivity contribution in [2.24, 2.45) is 0 Å². The van der Waals surface area contributed by atoms with Gasteiger partial charge in [-0.25, -0.2) is 0 Å². The summed E-state index contributed by atoms with van der Waals surface area (Å²) < 4.78 is 0. The first-order chi connectivity index (χ1) is 10.1. The molecule has 0 bridgehead atoms. The number of aromatic hydroxyl groups is 2. The van der Waals surface area contributed by atoms with Gasteiger partial charge >= 0.3 is 0 Å². The van der Waals surface area contributed by atoms with Crippen molar-refractivity contribution in [3.63, 3.8) is 0 Å². The Labute approximate surface area is 126 Å². The highest BCUT2D eigenvalue weighted by atomic mass is 16.3. The third kappa shape index (κ3) is 4.15. The van der Waals surface area contributed by atoms with E-state index in [-0.39, 0.29) is 0 Å². The van der Waals surface area contributed by atoms with Crippen molar-refractivity contribution in [1.29, 1.82) is 0 Å². The minimum Gasteiger partial charge on any atom is -0.508 e. The lowest BCUT2D eigenvalue weighted by Crippen LogP contribution is -2.11. The van der Waals surface area contributed by atoms with Gasteiger partial charge in [-0.1, -0.05) is 18.2 Å². The fraction of sp³-hybridized carbons (Fsp3) is 0.333. The summed E-state index contributed by atoms with van der Waals surface area (Å²) in [6.07, 6.45) is 3.84. The van der Waals surface area contributed by atoms with Crippen LogP contribution in [0, 0.1) is 0 Å². The zero-order valence-corrected chi connectivity index (χ0v) is 12.7. The molecule has 0 unspecified atom stereocenters. The van der Waals surface area contributed by atoms with Gasteiger partial charge in [-0.3, -0.25) is 0 Å². The van der Waals surface area contributed by atoms with Crippen LogP contribution >= 0.6 is 0 Å². The number of phenols is 2. The SMILES string of the molecule is CN(C)c1cccc(O)c1CCCCc1cccc(O)c1. The lowest BCUT2D eigenvalue weighted by atomic mass is 10.0. The zero-order valence-electron chi connectivity index (χ0n) is 12.7. The summed E-state index contributed by atoms with van der Waals surface area (Å²) in [5.74, 6) is 0.696. The van der Waals surface area contributed by atoms with Gasteiger partial charge in [0.1, 0.15) is 11.5 Å². The van der Waals surface area contributed by atoms with Gasteiger partial charge in [0.15, 0.2) is 0 Å². The van der Waals surface area contributed by atoms with Crippen LogP contribution in [-0.4, -0.2) is 24.3 Å². The number of rotatable bonds is 6. The first kappa shape index (κ1) is 15.2. The number of benzene rings is 2. The van der Waals surface area contributed by atoms with Crippen molar-refractivity contribution < 1.29 is 10.2 Å². The standard InChI is InChI=1S/C18H23NO2/c1-19(2)17-11-6-12-18(21)16(17)10-4-3-7-14-8-5-9-15(20)13-14/h5-6,8-9,11-13,20-21H,3-4,7,10H2,1-2H3. The summed E-state index contributed by atoms with van der Waals surface area (Å²) in [5.41, 5.74) is 3.24. The average Bonchev–Trinajstić information content (AvgIpc) is 2.44. The smallest absolute Gasteiger partial charge is 0.120 e. The molecule has 0 aliphatic heterocycles. The van der Waals surface area contributed by atoms with E-state index < -0.39 is 0 Å². The maximum atomic E-state index is 10.0. The fourth-order valence-electron chi connectivity index (χ4n) is 2.58. The molecule has 0 saturated heterocycles. The van der Waals surface area contributed by atoms with Crippen LogP contribution in [0.3, 0.4) is 0 Å². The van der Waals surface area contributed by atoms with Crippen LogP contribution in [0.25, 0.3) is 0 Å². The van der Waals surface area contributed by atoms with E-state index in [1.807, 2.05) is 49.3 Å². The van der Waals surface area contributed by atoms with Crippen LogP contribution in [0.5, 0.6) is 11.5 Å². The van der Waals surface area contributed by atoms with Gasteiger partial charge in [0.25, 0.3) is 0 Å². The molecule has 0 fully saturated rings. The summed E-state index contributed by atoms with van der Waals surface area (Å²) in [5, 5.41) is 19.5. The Kier molecular flexibility index (Phi) is 5.09. The molecule has 0 saturated carbocycles. The fourth-order valence-corrected chi connectivity index (χ4v) is 2.58. The Balaban J connectivity index is 1.92. The zero-order chi connectivity index (χ0) is 15.2. The molecule has 2 aromatic carbocycles. The van der Waals surface area contributed by atoms with Gasteiger partial charge in [0, 0.05) is 25.3 Å². The Hall–Kier alpha value is -2.16. The Morgan fingerprint density at radius 2 is 1.62 bits per heavy atom. The third-order valence-corrected chi connectivity index (χ3v) is 3.66. The normalized spacial score (nSPS) is 10.6. The number of unbranched alkanes of at least 4 members (excludes halogenated alkanes) is 1. The Morgan fingerprint density at radius 1 is 0.905 bits per heavy atom. The highest BCUT2D eigenvalue weighted by molar-refractivity contribution is 5.58. The van der Waals surface area contributed by atoms with E-state index in [1.165, 1.54) is 0 Å². The molecule has 0 aromatic heterocycles. The molecule has 3 heteroatoms. The van der Waals surface area contributed by atoms with E-state index in [0.717, 1.165) is 42.5 Å². The molecule has 0 amide bonds. The number of hydrogen-bond donors (Lipinski definition) is 2. The molecule has 0 aliphatic rings. The maximum Gasteiger partial charge on any atom is 0.120 e. The molecule has 2 rings (SSSR count). The van der Waals surface area contributed by atoms with E-state index in [2.05, 4.69) is 0 Å². The number of phenolic OH excluding ortho intramolecular Hbond substituents is 2. The molecular weight excluding hydrogens is 262 g/mol. The van der Waals surface area contributed by atoms with Crippen LogP contribution in [-0.2, 0) is 12.8 Å². The number of anilines is 1. The summed E-state index contributed by atoms with van der Waals surface area (Å²) in [6.45, 7) is 0. The molecule has 2 N–H and O–H groups in total. The third-order valence-electron chi connectivity index (χ3n) is 3.66. The van der Waals surface area contributed by atoms with Gasteiger partial charge in [0.2, 0.25) is 0 Å². The minimum absolute atomic E-state index is 0.322. The molecule has 0 aliphatic carbocycles. The highest BCUT2D eigenvalue weighted by Crippen LogP contribution is 2.29. The molecule has 0 spiro atoms. The van der Waals surface area contributed by atoms with Crippen molar-refractivity contribution in [1.82, 2.24) is 0 Å². The maximum absolute atomic E-state index is 10.0. The van der Waals surface area contributed by atoms with E-state index in [1.54, 1.807) is 12.1 Å². The van der Waals surface area contributed by atoms with E-state index in [4.69, 9.17) is 0 Å². The average molecular weight is 285 g/mol. The van der Waals surface area contributed by atoms with Crippen LogP contribution < -0.4 is 4.90 Å². The van der Waals surface area contributed by atoms with E-state index in [0.29, 0.717) is 11.5 Å². The van der Waals surface area contributed by atoms with Crippen molar-refractivity contribution in [3.05, 3.63) is 53.6 Å². The predicted molar refractivity (Wildman–Crippen MR) is 87.2 cm³/mol. The van der Waals surface area contributed by atoms with Crippen LogP contribution in [0.15, 0.2) is 42.5 Å². The molecule has 0 radical (unpaired) electrons. The van der Waals surface area contributed by atoms with Crippen LogP contribution in [0.4, 0.5) is 5.69 Å². The largest absolute Gasteiger partial charge is 0.508 e. The number of aryl methyl sites for hydroxylation is 1. The molecule has 0 atom stereocenters. The lowest BCUT2D eigenvalue weighted by molar-refractivity contribution is 0.466. The monoisotopic (exact) mass is 285 g/mol. The van der Waals surface area contributed by atoms with E-state index in [9.17, 15) is 10.2 Å². The van der Waals surface area contributed by atoms with Crippen LogP contribution in [0.2, 0.25) is 0 Å². The van der Waals surface area contributed by atoms with E-state index >= 15 is 0 Å². The van der Waals surface area contributed by atoms with Crippen molar-refractivity contribution in [3.8, 4) is 11.5 Å². The number of hydrogen-bond acceptors (Lipinski definition) is 3. The van der Waals surface area contributed by atoms with Crippen molar-refractivity contribution >= 4 is 5.69 Å². The second-order valence-electron chi connectivity index (χ2n) is 5.55. The molecule has 3 nitrogen and oxygen atoms in total.